The van der Waals surface area contributed by atoms with Gasteiger partial charge in [-0.2, -0.15) is 9.97 Å². The lowest BCUT2D eigenvalue weighted by atomic mass is 9.89. The number of phenols is 1. The molecule has 13 nitrogen and oxygen atoms in total. The predicted molar refractivity (Wildman–Crippen MR) is 202 cm³/mol. The molecule has 2 saturated heterocycles. The molecular formula is C36H39F3N7O6PS. The van der Waals surface area contributed by atoms with Crippen molar-refractivity contribution in [3.63, 3.8) is 0 Å². The highest BCUT2D eigenvalue weighted by molar-refractivity contribution is 7.46. The van der Waals surface area contributed by atoms with Gasteiger partial charge in [-0.25, -0.2) is 22.7 Å². The lowest BCUT2D eigenvalue weighted by Crippen LogP contribution is -2.43. The molecular weight excluding hydrogens is 746 g/mol. The van der Waals surface area contributed by atoms with Crippen LogP contribution in [0.2, 0.25) is 0 Å². The minimum atomic E-state index is -4.78. The lowest BCUT2D eigenvalue weighted by Gasteiger charge is -2.31. The van der Waals surface area contributed by atoms with Gasteiger partial charge in [-0.3, -0.25) is 9.42 Å². The molecule has 3 atom stereocenters. The fourth-order valence-corrected chi connectivity index (χ4v) is 8.95. The Labute approximate surface area is 312 Å². The fourth-order valence-electron chi connectivity index (χ4n) is 7.71. The highest BCUT2D eigenvalue weighted by Crippen LogP contribution is 2.49. The van der Waals surface area contributed by atoms with Gasteiger partial charge < -0.3 is 36.0 Å². The maximum atomic E-state index is 17.4. The number of nitrogens with one attached hydrogen (secondary N) is 2. The summed E-state index contributed by atoms with van der Waals surface area (Å²) in [7, 11) is -4.78. The van der Waals surface area contributed by atoms with Crippen LogP contribution in [-0.2, 0) is 9.09 Å². The molecule has 0 bridgehead atoms. The van der Waals surface area contributed by atoms with Crippen LogP contribution < -0.4 is 21.1 Å². The van der Waals surface area contributed by atoms with E-state index in [9.17, 15) is 14.1 Å². The SMILES string of the molecule is C=C(C)c1c(-c2ccc(F)c3sc(N)c(C)c23)c(F)c2nc(OC[C@@]34CCCN3C[C@H](F)C4)nc(NC(C)c3cccnc3NCOP(=O)(O)O)c2c1O. The van der Waals surface area contributed by atoms with Crippen molar-refractivity contribution < 1.29 is 41.9 Å². The second kappa shape index (κ2) is 14.3. The summed E-state index contributed by atoms with van der Waals surface area (Å²) in [5.74, 6) is -1.59. The van der Waals surface area contributed by atoms with E-state index >= 15 is 8.78 Å². The van der Waals surface area contributed by atoms with Crippen LogP contribution in [0.4, 0.5) is 29.8 Å². The van der Waals surface area contributed by atoms with Crippen LogP contribution in [-0.4, -0.2) is 72.9 Å². The number of thiophene rings is 1. The first-order valence-electron chi connectivity index (χ1n) is 17.2. The Hall–Kier alpha value is -4.51. The number of ether oxygens (including phenoxy) is 1. The molecule has 0 amide bonds. The minimum Gasteiger partial charge on any atom is -0.506 e. The topological polar surface area (TPSA) is 188 Å². The first kappa shape index (κ1) is 37.8. The van der Waals surface area contributed by atoms with E-state index in [4.69, 9.17) is 20.3 Å². The van der Waals surface area contributed by atoms with Crippen molar-refractivity contribution in [2.45, 2.75) is 57.8 Å². The number of aromatic hydroxyl groups is 1. The van der Waals surface area contributed by atoms with Crippen molar-refractivity contribution in [2.24, 2.45) is 0 Å². The van der Waals surface area contributed by atoms with E-state index in [1.165, 1.54) is 18.3 Å². The number of phosphoric ester groups is 1. The summed E-state index contributed by atoms with van der Waals surface area (Å²) in [5.41, 5.74) is 6.93. The van der Waals surface area contributed by atoms with Crippen molar-refractivity contribution in [1.82, 2.24) is 19.9 Å². The third kappa shape index (κ3) is 6.84. The number of nitrogens with two attached hydrogens (primary N) is 1. The van der Waals surface area contributed by atoms with Gasteiger partial charge in [-0.15, -0.1) is 11.3 Å². The summed E-state index contributed by atoms with van der Waals surface area (Å²) in [6.45, 7) is 9.59. The zero-order chi connectivity index (χ0) is 38.7. The number of benzene rings is 2. The monoisotopic (exact) mass is 785 g/mol. The Morgan fingerprint density at radius 1 is 1.24 bits per heavy atom. The van der Waals surface area contributed by atoms with E-state index in [2.05, 4.69) is 41.6 Å². The Bertz CT molecular complexity index is 2360. The Kier molecular flexibility index (Phi) is 10.00. The molecule has 2 fully saturated rings. The van der Waals surface area contributed by atoms with Crippen LogP contribution in [0.3, 0.4) is 0 Å². The van der Waals surface area contributed by atoms with Crippen LogP contribution >= 0.6 is 19.2 Å². The number of hydrogen-bond donors (Lipinski definition) is 6. The number of aromatic nitrogens is 3. The summed E-state index contributed by atoms with van der Waals surface area (Å²) < 4.78 is 69.4. The number of alkyl halides is 1. The number of fused-ring (bicyclic) bond motifs is 3. The van der Waals surface area contributed by atoms with Crippen LogP contribution in [0.15, 0.2) is 37.0 Å². The van der Waals surface area contributed by atoms with Crippen molar-refractivity contribution in [3.8, 4) is 22.9 Å². The second-order valence-corrected chi connectivity index (χ2v) is 16.1. The zero-order valence-corrected chi connectivity index (χ0v) is 31.3. The average Bonchev–Trinajstić information content (AvgIpc) is 3.74. The van der Waals surface area contributed by atoms with E-state index in [0.29, 0.717) is 40.1 Å². The van der Waals surface area contributed by atoms with E-state index in [-0.39, 0.29) is 63.0 Å². The Morgan fingerprint density at radius 2 is 2.02 bits per heavy atom. The molecule has 2 aliphatic heterocycles. The van der Waals surface area contributed by atoms with Crippen LogP contribution in [0.1, 0.15) is 55.8 Å². The number of anilines is 3. The van der Waals surface area contributed by atoms with Gasteiger partial charge in [0.15, 0.2) is 5.82 Å². The summed E-state index contributed by atoms with van der Waals surface area (Å²) in [4.78, 5) is 33.7. The third-order valence-electron chi connectivity index (χ3n) is 10.2. The number of nitrogens with zero attached hydrogens (tertiary/aromatic N) is 4. The number of pyridine rings is 1. The molecule has 5 aromatic rings. The van der Waals surface area contributed by atoms with E-state index in [1.807, 2.05) is 0 Å². The number of phenolic OH excluding ortho intramolecular Hbond substituents is 1. The normalized spacial score (nSPS) is 19.4. The van der Waals surface area contributed by atoms with Gasteiger partial charge in [0.1, 0.15) is 48.2 Å². The zero-order valence-electron chi connectivity index (χ0n) is 29.6. The summed E-state index contributed by atoms with van der Waals surface area (Å²) in [6, 6.07) is 5.08. The summed E-state index contributed by atoms with van der Waals surface area (Å²) in [6.07, 6.45) is 2.30. The number of aryl methyl sites for hydroxylation is 1. The molecule has 7 N–H and O–H groups in total. The molecule has 286 valence electrons. The number of rotatable bonds is 12. The summed E-state index contributed by atoms with van der Waals surface area (Å²) >= 11 is 1.04. The first-order valence-corrected chi connectivity index (χ1v) is 19.5. The van der Waals surface area contributed by atoms with E-state index < -0.39 is 49.7 Å². The molecule has 3 aromatic heterocycles. The molecule has 18 heteroatoms. The van der Waals surface area contributed by atoms with Gasteiger partial charge in [-0.05, 0) is 69.0 Å². The maximum Gasteiger partial charge on any atom is 0.471 e. The van der Waals surface area contributed by atoms with Crippen molar-refractivity contribution >= 4 is 62.4 Å². The van der Waals surface area contributed by atoms with Crippen LogP contribution in [0.5, 0.6) is 11.8 Å². The summed E-state index contributed by atoms with van der Waals surface area (Å²) in [5, 5.41) is 18.7. The van der Waals surface area contributed by atoms with Crippen molar-refractivity contribution in [3.05, 3.63) is 65.4 Å². The number of halogens is 3. The number of hydrogen-bond acceptors (Lipinski definition) is 12. The standard InChI is InChI=1S/C36H39F3N7O6PS/c1-17(2)24-26(22-8-9-23(38)31-25(22)18(3)32(40)54-31)28(39)29-27(30(24)47)34(43-19(4)21-7-5-11-41-33(21)42-16-52-53(48,49)50)45-35(44-29)51-15-36-10-6-12-46(36)14-20(37)13-36/h5,7-9,11,19-20,47H,1,6,10,12-16,40H2,2-4H3,(H,41,42)(H,43,44,45)(H2,48,49,50)/t19?,20-,36+/m1/s1. The largest absolute Gasteiger partial charge is 0.506 e. The Balaban J connectivity index is 1.39. The molecule has 1 unspecified atom stereocenters. The van der Waals surface area contributed by atoms with Crippen LogP contribution in [0, 0.1) is 18.6 Å². The fraction of sp³-hybridized carbons (Fsp3) is 0.361. The smallest absolute Gasteiger partial charge is 0.471 e. The number of allylic oxidation sites excluding steroid dienone is 1. The van der Waals surface area contributed by atoms with Gasteiger partial charge in [0.05, 0.1) is 26.7 Å². The van der Waals surface area contributed by atoms with Gasteiger partial charge in [0, 0.05) is 41.2 Å². The molecule has 0 aliphatic carbocycles. The molecule has 0 spiro atoms. The quantitative estimate of drug-likeness (QED) is 0.0542. The van der Waals surface area contributed by atoms with Gasteiger partial charge in [0.25, 0.3) is 0 Å². The first-order chi connectivity index (χ1) is 25.6. The third-order valence-corrected chi connectivity index (χ3v) is 11.8. The van der Waals surface area contributed by atoms with Gasteiger partial charge >= 0.3 is 13.8 Å². The number of phosphoric acid groups is 1. The molecule has 2 aromatic carbocycles. The predicted octanol–water partition coefficient (Wildman–Crippen LogP) is 7.42. The lowest BCUT2D eigenvalue weighted by molar-refractivity contribution is 0.107. The molecule has 0 saturated carbocycles. The highest BCUT2D eigenvalue weighted by Gasteiger charge is 2.49. The maximum absolute atomic E-state index is 17.4. The Morgan fingerprint density at radius 3 is 2.76 bits per heavy atom. The average molecular weight is 786 g/mol. The van der Waals surface area contributed by atoms with Gasteiger partial charge in [-0.1, -0.05) is 18.7 Å². The molecule has 7 rings (SSSR count). The van der Waals surface area contributed by atoms with Crippen molar-refractivity contribution in [2.75, 3.05) is 42.8 Å². The molecule has 2 aliphatic rings. The molecule has 0 radical (unpaired) electrons. The van der Waals surface area contributed by atoms with E-state index in [0.717, 1.165) is 24.3 Å². The highest BCUT2D eigenvalue weighted by atomic mass is 32.1. The molecule has 54 heavy (non-hydrogen) atoms. The number of nitrogen functional groups attached to an aromatic ring is 1. The van der Waals surface area contributed by atoms with Crippen LogP contribution in [0.25, 0.3) is 37.7 Å². The van der Waals surface area contributed by atoms with E-state index in [1.54, 1.807) is 32.9 Å². The van der Waals surface area contributed by atoms with Gasteiger partial charge in [0.2, 0.25) is 0 Å². The molecule has 5 heterocycles. The second-order valence-electron chi connectivity index (χ2n) is 13.8. The minimum absolute atomic E-state index is 0.0231. The van der Waals surface area contributed by atoms with Crippen molar-refractivity contribution in [1.29, 1.82) is 0 Å².